The molecule has 0 spiro atoms. The zero-order chi connectivity index (χ0) is 8.69. The highest BCUT2D eigenvalue weighted by atomic mass is 16.8. The van der Waals surface area contributed by atoms with Crippen LogP contribution in [-0.4, -0.2) is 33.2 Å². The van der Waals surface area contributed by atoms with Gasteiger partial charge in [-0.05, 0) is 0 Å². The number of amides is 1. The molecule has 0 aromatic heterocycles. The van der Waals surface area contributed by atoms with Crippen LogP contribution in [0.25, 0.3) is 0 Å². The Hall–Kier alpha value is -1.46. The summed E-state index contributed by atoms with van der Waals surface area (Å²) in [6.07, 6.45) is -1.57. The molecule has 6 heteroatoms. The first kappa shape index (κ1) is 9.54. The summed E-state index contributed by atoms with van der Waals surface area (Å²) in [5.41, 5.74) is 0. The molecule has 1 N–H and O–H groups in total. The van der Waals surface area contributed by atoms with Crippen molar-refractivity contribution in [3.8, 4) is 0 Å². The normalized spacial score (nSPS) is 8.18. The Kier molecular flexibility index (Phi) is 4.63. The summed E-state index contributed by atoms with van der Waals surface area (Å²) < 4.78 is 12.6. The fraction of sp³-hybridized carbons (Fsp3) is 0.600. The molecule has 0 aromatic rings. The Bertz CT molecular complexity index is 135. The van der Waals surface area contributed by atoms with Crippen molar-refractivity contribution in [3.05, 3.63) is 0 Å². The molecule has 0 aromatic carbocycles. The van der Waals surface area contributed by atoms with Crippen molar-refractivity contribution in [3.63, 3.8) is 0 Å². The second-order valence-corrected chi connectivity index (χ2v) is 1.40. The summed E-state index contributed by atoms with van der Waals surface area (Å²) in [7, 11) is 2.54. The highest BCUT2D eigenvalue weighted by molar-refractivity contribution is 5.66. The molecular weight excluding hydrogens is 154 g/mol. The van der Waals surface area contributed by atoms with Gasteiger partial charge in [-0.1, -0.05) is 0 Å². The maximum Gasteiger partial charge on any atom is 0.510 e. The third kappa shape index (κ3) is 5.01. The smallest absolute Gasteiger partial charge is 0.438 e. The molecule has 0 bridgehead atoms. The summed E-state index contributed by atoms with van der Waals surface area (Å²) in [5, 5.41) is 2.16. The molecule has 0 aliphatic carbocycles. The van der Waals surface area contributed by atoms with E-state index in [4.69, 9.17) is 0 Å². The van der Waals surface area contributed by atoms with Crippen LogP contribution in [0.15, 0.2) is 0 Å². The van der Waals surface area contributed by atoms with Gasteiger partial charge in [0.1, 0.15) is 0 Å². The van der Waals surface area contributed by atoms with E-state index in [2.05, 4.69) is 19.5 Å². The molecular formula is C5H11NO5. The predicted octanol–water partition coefficient (Wildman–Crippen LogP) is 0.329. The zero-order valence-electron chi connectivity index (χ0n) is 6.25. The van der Waals surface area contributed by atoms with Gasteiger partial charge in [0, 0.05) is 8.47 Å². The number of rotatable bonds is 2. The molecule has 0 unspecified atom stereocenters. The fourth-order valence-corrected chi connectivity index (χ4v) is 0.262. The molecule has 0 saturated heterocycles. The van der Waals surface area contributed by atoms with E-state index in [0.717, 1.165) is 7.11 Å². The highest BCUT2D eigenvalue weighted by Crippen LogP contribution is 1.83. The molecule has 1 amide bonds. The van der Waals surface area contributed by atoms with Gasteiger partial charge < -0.3 is 19.5 Å². The average molecular weight is 165 g/mol. The Morgan fingerprint density at radius 3 is 2.55 bits per heavy atom. The Morgan fingerprint density at radius 2 is 2.09 bits per heavy atom. The molecule has 0 aliphatic heterocycles. The summed E-state index contributed by atoms with van der Waals surface area (Å²) >= 11 is 0. The van der Waals surface area contributed by atoms with Gasteiger partial charge in [0.25, 0.3) is 0 Å². The topological polar surface area (TPSA) is 73.9 Å². The van der Waals surface area contributed by atoms with Gasteiger partial charge in [-0.15, -0.1) is 0 Å². The first-order valence-corrected chi connectivity index (χ1v) is 2.76. The van der Waals surface area contributed by atoms with Crippen molar-refractivity contribution in [1.82, 2.24) is 5.32 Å². The summed E-state index contributed by atoms with van der Waals surface area (Å²) in [5.74, 6) is 0. The van der Waals surface area contributed by atoms with Crippen LogP contribution in [0.5, 0.6) is 0 Å². The van der Waals surface area contributed by atoms with Gasteiger partial charge >= 0.3 is 12.2 Å². The summed E-state index contributed by atoms with van der Waals surface area (Å²) in [6.45, 7) is -0.452. The minimum atomic E-state index is -0.895. The van der Waals surface area contributed by atoms with Crippen LogP contribution in [0.1, 0.15) is 1.43 Å². The van der Waals surface area contributed by atoms with Crippen molar-refractivity contribution in [2.75, 3.05) is 21.0 Å². The minimum Gasteiger partial charge on any atom is -0.438 e. The second-order valence-electron chi connectivity index (χ2n) is 1.40. The van der Waals surface area contributed by atoms with Gasteiger partial charge in [-0.2, -0.15) is 0 Å². The quantitative estimate of drug-likeness (QED) is 0.471. The van der Waals surface area contributed by atoms with Crippen molar-refractivity contribution >= 4 is 12.2 Å². The molecule has 0 aliphatic rings. The average Bonchev–Trinajstić information content (AvgIpc) is 2.04. The van der Waals surface area contributed by atoms with E-state index in [-0.39, 0.29) is 1.43 Å². The van der Waals surface area contributed by atoms with Gasteiger partial charge in [0.05, 0.1) is 7.11 Å². The maximum atomic E-state index is 10.3. The van der Waals surface area contributed by atoms with Gasteiger partial charge in [0.2, 0.25) is 6.79 Å². The first-order valence-electron chi connectivity index (χ1n) is 2.76. The molecule has 0 saturated carbocycles. The van der Waals surface area contributed by atoms with E-state index in [0.29, 0.717) is 0 Å². The lowest BCUT2D eigenvalue weighted by atomic mass is 11.1. The van der Waals surface area contributed by atoms with Crippen molar-refractivity contribution < 1.29 is 25.2 Å². The SMILES string of the molecule is CNC(=O)OCOC(=O)OC.[HH]. The van der Waals surface area contributed by atoms with Crippen molar-refractivity contribution in [1.29, 1.82) is 0 Å². The number of nitrogens with one attached hydrogen (secondary N) is 1. The van der Waals surface area contributed by atoms with Crippen LogP contribution in [0.2, 0.25) is 0 Å². The van der Waals surface area contributed by atoms with Gasteiger partial charge in [0.15, 0.2) is 0 Å². The summed E-state index contributed by atoms with van der Waals surface area (Å²) in [4.78, 5) is 20.5. The number of alkyl carbamates (subject to hydrolysis) is 1. The monoisotopic (exact) mass is 165 g/mol. The Balaban J connectivity index is 0. The Labute approximate surface area is 64.9 Å². The van der Waals surface area contributed by atoms with Crippen molar-refractivity contribution in [2.45, 2.75) is 0 Å². The summed E-state index contributed by atoms with van der Waals surface area (Å²) in [6, 6.07) is 0. The molecule has 6 nitrogen and oxygen atoms in total. The molecule has 66 valence electrons. The number of hydrogen-bond acceptors (Lipinski definition) is 5. The molecule has 0 radical (unpaired) electrons. The van der Waals surface area contributed by atoms with Crippen LogP contribution < -0.4 is 5.32 Å². The number of carbonyl (C=O) groups is 2. The van der Waals surface area contributed by atoms with E-state index >= 15 is 0 Å². The number of methoxy groups -OCH3 is 1. The third-order valence-electron chi connectivity index (χ3n) is 0.738. The van der Waals surface area contributed by atoms with Gasteiger partial charge in [-0.25, -0.2) is 9.59 Å². The Morgan fingerprint density at radius 1 is 1.45 bits per heavy atom. The van der Waals surface area contributed by atoms with Crippen LogP contribution in [-0.2, 0) is 14.2 Å². The van der Waals surface area contributed by atoms with Crippen LogP contribution >= 0.6 is 0 Å². The van der Waals surface area contributed by atoms with Crippen LogP contribution in [0.4, 0.5) is 9.59 Å². The van der Waals surface area contributed by atoms with Gasteiger partial charge in [-0.3, -0.25) is 0 Å². The molecule has 0 atom stereocenters. The lowest BCUT2D eigenvalue weighted by Gasteiger charge is -2.03. The maximum absolute atomic E-state index is 10.3. The standard InChI is InChI=1S/C5H9NO5.H2/c1-6-4(7)10-3-11-5(8)9-2;/h3H2,1-2H3,(H,6,7);1H. The van der Waals surface area contributed by atoms with E-state index in [1.807, 2.05) is 0 Å². The van der Waals surface area contributed by atoms with Crippen molar-refractivity contribution in [2.24, 2.45) is 0 Å². The molecule has 11 heavy (non-hydrogen) atoms. The second kappa shape index (κ2) is 5.33. The number of hydrogen-bond donors (Lipinski definition) is 1. The largest absolute Gasteiger partial charge is 0.510 e. The lowest BCUT2D eigenvalue weighted by Crippen LogP contribution is -2.21. The lowest BCUT2D eigenvalue weighted by molar-refractivity contribution is -0.00652. The van der Waals surface area contributed by atoms with E-state index < -0.39 is 19.0 Å². The third-order valence-corrected chi connectivity index (χ3v) is 0.738. The molecule has 0 heterocycles. The number of carbonyl (C=O) groups excluding carboxylic acids is 2. The first-order chi connectivity index (χ1) is 5.20. The van der Waals surface area contributed by atoms with E-state index in [1.54, 1.807) is 0 Å². The van der Waals surface area contributed by atoms with E-state index in [9.17, 15) is 9.59 Å². The van der Waals surface area contributed by atoms with Crippen LogP contribution in [0.3, 0.4) is 0 Å². The zero-order valence-corrected chi connectivity index (χ0v) is 6.25. The number of ether oxygens (including phenoxy) is 3. The minimum absolute atomic E-state index is 0. The highest BCUT2D eigenvalue weighted by Gasteiger charge is 2.01. The van der Waals surface area contributed by atoms with E-state index in [1.165, 1.54) is 7.05 Å². The van der Waals surface area contributed by atoms with Crippen LogP contribution in [0, 0.1) is 0 Å². The fourth-order valence-electron chi connectivity index (χ4n) is 0.262. The molecule has 0 fully saturated rings. The predicted molar refractivity (Wildman–Crippen MR) is 36.0 cm³/mol. The molecule has 0 rings (SSSR count).